The number of halogens is 1. The second-order valence-corrected chi connectivity index (χ2v) is 6.51. The zero-order chi connectivity index (χ0) is 16.1. The molecule has 0 aromatic carbocycles. The molecular formula is C15H20ClN3O2S. The molecule has 0 aliphatic heterocycles. The van der Waals surface area contributed by atoms with Crippen molar-refractivity contribution in [3.63, 3.8) is 0 Å². The highest BCUT2D eigenvalue weighted by Gasteiger charge is 2.18. The summed E-state index contributed by atoms with van der Waals surface area (Å²) < 4.78 is 0. The molecule has 1 amide bonds. The van der Waals surface area contributed by atoms with Crippen molar-refractivity contribution in [2.75, 3.05) is 5.32 Å². The largest absolute Gasteiger partial charge is 0.465 e. The van der Waals surface area contributed by atoms with Gasteiger partial charge in [0.1, 0.15) is 15.5 Å². The predicted molar refractivity (Wildman–Crippen MR) is 91.3 cm³/mol. The van der Waals surface area contributed by atoms with Crippen LogP contribution in [0.5, 0.6) is 0 Å². The minimum atomic E-state index is -1.12. The van der Waals surface area contributed by atoms with Gasteiger partial charge in [0.2, 0.25) is 0 Å². The van der Waals surface area contributed by atoms with Gasteiger partial charge < -0.3 is 5.11 Å². The van der Waals surface area contributed by atoms with Crippen LogP contribution < -0.4 is 5.32 Å². The fraction of sp³-hybridized carbons (Fsp3) is 0.533. The number of hydrogen-bond donors (Lipinski definition) is 2. The highest BCUT2D eigenvalue weighted by atomic mass is 35.5. The maximum Gasteiger partial charge on any atom is 0.410 e. The lowest BCUT2D eigenvalue weighted by Crippen LogP contribution is -2.06. The van der Waals surface area contributed by atoms with Crippen LogP contribution in [0, 0.1) is 0 Å². The van der Waals surface area contributed by atoms with E-state index >= 15 is 0 Å². The topological polar surface area (TPSA) is 75.1 Å². The Morgan fingerprint density at radius 3 is 2.41 bits per heavy atom. The van der Waals surface area contributed by atoms with Crippen molar-refractivity contribution < 1.29 is 9.90 Å². The smallest absolute Gasteiger partial charge is 0.410 e. The van der Waals surface area contributed by atoms with Crippen LogP contribution in [-0.2, 0) is 12.8 Å². The monoisotopic (exact) mass is 341 g/mol. The first-order valence-electron chi connectivity index (χ1n) is 7.54. The average molecular weight is 342 g/mol. The first-order chi connectivity index (χ1) is 10.6. The number of carboxylic acid groups (broad SMARTS) is 1. The van der Waals surface area contributed by atoms with E-state index in [4.69, 9.17) is 16.7 Å². The Labute approximate surface area is 138 Å². The van der Waals surface area contributed by atoms with Crippen LogP contribution in [0.3, 0.4) is 0 Å². The van der Waals surface area contributed by atoms with Gasteiger partial charge in [0, 0.05) is 0 Å². The Morgan fingerprint density at radius 1 is 1.18 bits per heavy atom. The highest BCUT2D eigenvalue weighted by Crippen LogP contribution is 2.33. The summed E-state index contributed by atoms with van der Waals surface area (Å²) in [6.07, 6.45) is 4.93. The number of nitrogens with one attached hydrogen (secondary N) is 1. The predicted octanol–water partition coefficient (Wildman–Crippen LogP) is 5.12. The van der Waals surface area contributed by atoms with Gasteiger partial charge in [0.15, 0.2) is 5.13 Å². The van der Waals surface area contributed by atoms with Crippen LogP contribution >= 0.6 is 22.9 Å². The van der Waals surface area contributed by atoms with E-state index in [1.54, 1.807) is 0 Å². The molecule has 0 radical (unpaired) electrons. The lowest BCUT2D eigenvalue weighted by Gasteiger charge is -2.11. The van der Waals surface area contributed by atoms with E-state index in [-0.39, 0.29) is 0 Å². The van der Waals surface area contributed by atoms with Gasteiger partial charge in [-0.3, -0.25) is 5.32 Å². The van der Waals surface area contributed by atoms with Crippen molar-refractivity contribution >= 4 is 44.5 Å². The molecular weight excluding hydrogens is 322 g/mol. The first kappa shape index (κ1) is 17.0. The van der Waals surface area contributed by atoms with E-state index in [0.29, 0.717) is 15.1 Å². The molecule has 0 aliphatic rings. The van der Waals surface area contributed by atoms with Gasteiger partial charge in [-0.25, -0.2) is 14.8 Å². The van der Waals surface area contributed by atoms with Crippen molar-refractivity contribution in [2.24, 2.45) is 0 Å². The van der Waals surface area contributed by atoms with Crippen LogP contribution in [0.4, 0.5) is 9.93 Å². The molecule has 0 atom stereocenters. The van der Waals surface area contributed by atoms with E-state index in [1.165, 1.54) is 11.3 Å². The summed E-state index contributed by atoms with van der Waals surface area (Å²) in [5, 5.41) is 12.0. The molecule has 0 saturated carbocycles. The van der Waals surface area contributed by atoms with E-state index in [1.807, 2.05) is 0 Å². The maximum atomic E-state index is 10.8. The second-order valence-electron chi connectivity index (χ2n) is 5.17. The van der Waals surface area contributed by atoms with Crippen molar-refractivity contribution in [2.45, 2.75) is 52.4 Å². The van der Waals surface area contributed by atoms with Crippen LogP contribution in [0.2, 0.25) is 5.15 Å². The number of pyridine rings is 1. The minimum absolute atomic E-state index is 0.344. The zero-order valence-electron chi connectivity index (χ0n) is 12.8. The van der Waals surface area contributed by atoms with Crippen LogP contribution in [0.25, 0.3) is 10.3 Å². The minimum Gasteiger partial charge on any atom is -0.465 e. The second kappa shape index (κ2) is 7.74. The molecule has 0 spiro atoms. The lowest BCUT2D eigenvalue weighted by atomic mass is 9.99. The molecule has 2 rings (SSSR count). The summed E-state index contributed by atoms with van der Waals surface area (Å²) in [5.74, 6) is 0. The van der Waals surface area contributed by atoms with Gasteiger partial charge in [-0.05, 0) is 36.8 Å². The Hall–Kier alpha value is -1.40. The summed E-state index contributed by atoms with van der Waals surface area (Å²) >= 11 is 7.59. The van der Waals surface area contributed by atoms with E-state index in [9.17, 15) is 4.79 Å². The third-order valence-corrected chi connectivity index (χ3v) is 4.66. The van der Waals surface area contributed by atoms with Gasteiger partial charge >= 0.3 is 6.09 Å². The van der Waals surface area contributed by atoms with Crippen LogP contribution in [0.1, 0.15) is 50.7 Å². The average Bonchev–Trinajstić information content (AvgIpc) is 2.84. The molecule has 22 heavy (non-hydrogen) atoms. The molecule has 2 aromatic rings. The lowest BCUT2D eigenvalue weighted by molar-refractivity contribution is 0.210. The maximum absolute atomic E-state index is 10.8. The number of aromatic nitrogens is 2. The fourth-order valence-corrected chi connectivity index (χ4v) is 3.59. The SMILES string of the molecule is CCCCc1c(Cl)nc2sc(NC(=O)O)nc2c1CCCC. The number of amides is 1. The van der Waals surface area contributed by atoms with Crippen molar-refractivity contribution in [1.82, 2.24) is 9.97 Å². The molecule has 5 nitrogen and oxygen atoms in total. The molecule has 2 heterocycles. The molecule has 0 unspecified atom stereocenters. The molecule has 0 saturated heterocycles. The van der Waals surface area contributed by atoms with Gasteiger partial charge in [0.25, 0.3) is 0 Å². The Kier molecular flexibility index (Phi) is 5.97. The van der Waals surface area contributed by atoms with Gasteiger partial charge in [-0.15, -0.1) is 0 Å². The zero-order valence-corrected chi connectivity index (χ0v) is 14.4. The number of anilines is 1. The van der Waals surface area contributed by atoms with Gasteiger partial charge in [-0.1, -0.05) is 49.6 Å². The number of rotatable bonds is 7. The quantitative estimate of drug-likeness (QED) is 0.685. The van der Waals surface area contributed by atoms with E-state index in [0.717, 1.165) is 55.2 Å². The summed E-state index contributed by atoms with van der Waals surface area (Å²) in [7, 11) is 0. The number of carbonyl (C=O) groups is 1. The number of thiazole rings is 1. The molecule has 0 fully saturated rings. The standard InChI is InChI=1S/C15H20ClN3O2S/c1-3-5-7-9-10(8-6-4-2)12(16)18-13-11(9)17-14(22-13)19-15(20)21/h3-8H2,1-2H3,(H,17,19)(H,20,21). The first-order valence-corrected chi connectivity index (χ1v) is 8.74. The number of nitrogens with zero attached hydrogens (tertiary/aromatic N) is 2. The molecule has 2 N–H and O–H groups in total. The van der Waals surface area contributed by atoms with Crippen LogP contribution in [0.15, 0.2) is 0 Å². The summed E-state index contributed by atoms with van der Waals surface area (Å²) in [6, 6.07) is 0. The van der Waals surface area contributed by atoms with Crippen molar-refractivity contribution in [3.8, 4) is 0 Å². The number of unbranched alkanes of at least 4 members (excludes halogenated alkanes) is 2. The normalized spacial score (nSPS) is 11.0. The Morgan fingerprint density at radius 2 is 1.82 bits per heavy atom. The van der Waals surface area contributed by atoms with E-state index < -0.39 is 6.09 Å². The fourth-order valence-electron chi connectivity index (χ4n) is 2.38. The number of fused-ring (bicyclic) bond motifs is 1. The van der Waals surface area contributed by atoms with E-state index in [2.05, 4.69) is 29.1 Å². The summed E-state index contributed by atoms with van der Waals surface area (Å²) in [5.41, 5.74) is 2.98. The third-order valence-electron chi connectivity index (χ3n) is 3.48. The summed E-state index contributed by atoms with van der Waals surface area (Å²) in [6.45, 7) is 4.29. The number of aryl methyl sites for hydroxylation is 1. The molecule has 0 bridgehead atoms. The molecule has 0 aliphatic carbocycles. The van der Waals surface area contributed by atoms with Gasteiger partial charge in [0.05, 0.1) is 0 Å². The molecule has 7 heteroatoms. The Balaban J connectivity index is 2.51. The van der Waals surface area contributed by atoms with Gasteiger partial charge in [-0.2, -0.15) is 0 Å². The van der Waals surface area contributed by atoms with Crippen LogP contribution in [-0.4, -0.2) is 21.2 Å². The Bertz CT molecular complexity index is 672. The molecule has 120 valence electrons. The van der Waals surface area contributed by atoms with Crippen molar-refractivity contribution in [3.05, 3.63) is 16.3 Å². The molecule has 2 aromatic heterocycles. The van der Waals surface area contributed by atoms with Crippen molar-refractivity contribution in [1.29, 1.82) is 0 Å². The summed E-state index contributed by atoms with van der Waals surface area (Å²) in [4.78, 5) is 20.3. The third kappa shape index (κ3) is 3.87. The number of hydrogen-bond acceptors (Lipinski definition) is 4. The highest BCUT2D eigenvalue weighted by molar-refractivity contribution is 7.22.